The van der Waals surface area contributed by atoms with Gasteiger partial charge in [0.15, 0.2) is 0 Å². The number of hydrogen-bond donors (Lipinski definition) is 1. The maximum Gasteiger partial charge on any atom is 0.243 e. The Kier molecular flexibility index (Phi) is 4.97. The van der Waals surface area contributed by atoms with E-state index in [1.165, 1.54) is 4.31 Å². The third kappa shape index (κ3) is 3.41. The zero-order valence-corrected chi connectivity index (χ0v) is 15.0. The maximum atomic E-state index is 12.9. The van der Waals surface area contributed by atoms with E-state index in [9.17, 15) is 8.42 Å². The molecule has 1 aromatic carbocycles. The number of rotatable bonds is 3. The van der Waals surface area contributed by atoms with Crippen molar-refractivity contribution in [3.05, 3.63) is 22.2 Å². The number of nitrogens with two attached hydrogens (primary N) is 1. The fraction of sp³-hybridized carbons (Fsp3) is 0.571. The fourth-order valence-corrected chi connectivity index (χ4v) is 5.01. The normalized spacial score (nSPS) is 20.9. The molecule has 21 heavy (non-hydrogen) atoms. The Morgan fingerprint density at radius 3 is 2.71 bits per heavy atom. The van der Waals surface area contributed by atoms with Crippen LogP contribution < -0.4 is 5.73 Å². The molecule has 1 atom stereocenters. The molecular weight excluding hydrogens is 354 g/mol. The predicted octanol–water partition coefficient (Wildman–Crippen LogP) is 2.05. The number of nitrogen functional groups attached to an aromatic ring is 1. The molecule has 7 heteroatoms. The van der Waals surface area contributed by atoms with Crippen LogP contribution in [0.25, 0.3) is 0 Å². The molecule has 0 bridgehead atoms. The van der Waals surface area contributed by atoms with Crippen molar-refractivity contribution < 1.29 is 8.42 Å². The van der Waals surface area contributed by atoms with Crippen LogP contribution in [-0.4, -0.2) is 50.8 Å². The van der Waals surface area contributed by atoms with Crippen LogP contribution in [-0.2, 0) is 10.0 Å². The summed E-state index contributed by atoms with van der Waals surface area (Å²) in [6.07, 6.45) is 1.91. The first-order valence-electron chi connectivity index (χ1n) is 6.95. The van der Waals surface area contributed by atoms with Crippen LogP contribution >= 0.6 is 15.9 Å². The minimum atomic E-state index is -3.54. The first-order valence-corrected chi connectivity index (χ1v) is 9.19. The number of anilines is 1. The third-order valence-corrected chi connectivity index (χ3v) is 6.63. The number of nitrogens with zero attached hydrogens (tertiary/aromatic N) is 2. The number of likely N-dealkylation sites (N-methyl/N-ethyl adjacent to an activating group) is 2. The van der Waals surface area contributed by atoms with Crippen LogP contribution in [0.2, 0.25) is 0 Å². The van der Waals surface area contributed by atoms with E-state index in [0.29, 0.717) is 15.7 Å². The van der Waals surface area contributed by atoms with Crippen molar-refractivity contribution in [3.8, 4) is 0 Å². The van der Waals surface area contributed by atoms with Crippen molar-refractivity contribution in [3.63, 3.8) is 0 Å². The smallest absolute Gasteiger partial charge is 0.243 e. The molecular formula is C14H22BrN3O2S. The molecule has 2 N–H and O–H groups in total. The lowest BCUT2D eigenvalue weighted by Gasteiger charge is -2.35. The molecule has 5 nitrogen and oxygen atoms in total. The van der Waals surface area contributed by atoms with Gasteiger partial charge in [0.05, 0.1) is 4.90 Å². The molecule has 118 valence electrons. The molecule has 1 aliphatic heterocycles. The summed E-state index contributed by atoms with van der Waals surface area (Å²) in [5.74, 6) is 0. The Labute approximate surface area is 135 Å². The van der Waals surface area contributed by atoms with Gasteiger partial charge in [-0.3, -0.25) is 0 Å². The topological polar surface area (TPSA) is 66.6 Å². The van der Waals surface area contributed by atoms with Gasteiger partial charge in [-0.15, -0.1) is 0 Å². The predicted molar refractivity (Wildman–Crippen MR) is 88.8 cm³/mol. The van der Waals surface area contributed by atoms with Crippen LogP contribution in [0.4, 0.5) is 5.69 Å². The average molecular weight is 376 g/mol. The second kappa shape index (κ2) is 6.24. The molecule has 1 unspecified atom stereocenters. The Morgan fingerprint density at radius 2 is 2.10 bits per heavy atom. The monoisotopic (exact) mass is 375 g/mol. The van der Waals surface area contributed by atoms with Crippen molar-refractivity contribution in [2.75, 3.05) is 32.9 Å². The van der Waals surface area contributed by atoms with Gasteiger partial charge in [-0.2, -0.15) is 4.31 Å². The van der Waals surface area contributed by atoms with E-state index in [1.54, 1.807) is 26.1 Å². The van der Waals surface area contributed by atoms with Crippen molar-refractivity contribution >= 4 is 31.6 Å². The molecule has 0 spiro atoms. The molecule has 2 rings (SSSR count). The summed E-state index contributed by atoms with van der Waals surface area (Å²) < 4.78 is 28.0. The zero-order chi connectivity index (χ0) is 15.8. The molecule has 0 aromatic heterocycles. The lowest BCUT2D eigenvalue weighted by Crippen LogP contribution is -2.47. The van der Waals surface area contributed by atoms with E-state index in [4.69, 9.17) is 5.73 Å². The van der Waals surface area contributed by atoms with Crippen LogP contribution in [0.1, 0.15) is 18.4 Å². The van der Waals surface area contributed by atoms with Crippen LogP contribution in [0.3, 0.4) is 0 Å². The molecule has 0 amide bonds. The van der Waals surface area contributed by atoms with E-state index in [0.717, 1.165) is 25.9 Å². The number of sulfonamides is 1. The molecule has 1 aromatic rings. The van der Waals surface area contributed by atoms with E-state index >= 15 is 0 Å². The number of benzene rings is 1. The molecule has 1 heterocycles. The number of hydrogen-bond acceptors (Lipinski definition) is 4. The second-order valence-corrected chi connectivity index (χ2v) is 8.58. The van der Waals surface area contributed by atoms with Crippen molar-refractivity contribution in [1.29, 1.82) is 0 Å². The van der Waals surface area contributed by atoms with Crippen molar-refractivity contribution in [2.24, 2.45) is 0 Å². The van der Waals surface area contributed by atoms with Crippen LogP contribution in [0, 0.1) is 6.92 Å². The largest absolute Gasteiger partial charge is 0.398 e. The number of piperidine rings is 1. The van der Waals surface area contributed by atoms with Gasteiger partial charge in [-0.05, 0) is 51.1 Å². The van der Waals surface area contributed by atoms with E-state index in [-0.39, 0.29) is 10.9 Å². The standard InChI is InChI=1S/C14H22BrN3O2S/c1-10-13(16)7-11(15)8-14(10)21(19,20)18(3)12-5-4-6-17(2)9-12/h7-8,12H,4-6,9,16H2,1-3H3. The van der Waals surface area contributed by atoms with E-state index in [1.807, 2.05) is 7.05 Å². The summed E-state index contributed by atoms with van der Waals surface area (Å²) in [7, 11) is 0.144. The van der Waals surface area contributed by atoms with Crippen LogP contribution in [0.5, 0.6) is 0 Å². The SMILES string of the molecule is Cc1c(N)cc(Br)cc1S(=O)(=O)N(C)C1CCCN(C)C1. The Bertz CT molecular complexity index is 633. The minimum absolute atomic E-state index is 0.00774. The number of halogens is 1. The van der Waals surface area contributed by atoms with Crippen LogP contribution in [0.15, 0.2) is 21.5 Å². The number of likely N-dealkylation sites (tertiary alicyclic amines) is 1. The highest BCUT2D eigenvalue weighted by molar-refractivity contribution is 9.10. The lowest BCUT2D eigenvalue weighted by molar-refractivity contribution is 0.187. The first kappa shape index (κ1) is 16.7. The van der Waals surface area contributed by atoms with Gasteiger partial charge in [0, 0.05) is 29.8 Å². The van der Waals surface area contributed by atoms with E-state index in [2.05, 4.69) is 20.8 Å². The Hall–Kier alpha value is -0.630. The van der Waals surface area contributed by atoms with Gasteiger partial charge >= 0.3 is 0 Å². The highest BCUT2D eigenvalue weighted by atomic mass is 79.9. The second-order valence-electron chi connectivity index (χ2n) is 5.70. The fourth-order valence-electron chi connectivity index (χ4n) is 2.73. The highest BCUT2D eigenvalue weighted by Gasteiger charge is 2.32. The molecule has 1 fully saturated rings. The first-order chi connectivity index (χ1) is 9.73. The molecule has 0 radical (unpaired) electrons. The molecule has 1 aliphatic rings. The third-order valence-electron chi connectivity index (χ3n) is 4.14. The van der Waals surface area contributed by atoms with E-state index < -0.39 is 10.0 Å². The highest BCUT2D eigenvalue weighted by Crippen LogP contribution is 2.30. The van der Waals surface area contributed by atoms with Gasteiger partial charge in [0.25, 0.3) is 0 Å². The molecule has 0 aliphatic carbocycles. The Morgan fingerprint density at radius 1 is 1.43 bits per heavy atom. The van der Waals surface area contributed by atoms with Gasteiger partial charge in [-0.1, -0.05) is 15.9 Å². The van der Waals surface area contributed by atoms with Crippen molar-refractivity contribution in [1.82, 2.24) is 9.21 Å². The summed E-state index contributed by atoms with van der Waals surface area (Å²) in [6.45, 7) is 3.53. The average Bonchev–Trinajstić information content (AvgIpc) is 2.41. The molecule has 0 saturated carbocycles. The molecule has 1 saturated heterocycles. The van der Waals surface area contributed by atoms with Gasteiger partial charge in [0.1, 0.15) is 0 Å². The summed E-state index contributed by atoms with van der Waals surface area (Å²) in [4.78, 5) is 2.45. The maximum absolute atomic E-state index is 12.9. The minimum Gasteiger partial charge on any atom is -0.398 e. The van der Waals surface area contributed by atoms with Gasteiger partial charge < -0.3 is 10.6 Å². The summed E-state index contributed by atoms with van der Waals surface area (Å²) in [6, 6.07) is 3.36. The quantitative estimate of drug-likeness (QED) is 0.820. The lowest BCUT2D eigenvalue weighted by atomic mass is 10.1. The summed E-state index contributed by atoms with van der Waals surface area (Å²) in [5.41, 5.74) is 6.99. The zero-order valence-electron chi connectivity index (χ0n) is 12.6. The summed E-state index contributed by atoms with van der Waals surface area (Å²) >= 11 is 3.32. The van der Waals surface area contributed by atoms with Gasteiger partial charge in [-0.25, -0.2) is 8.42 Å². The van der Waals surface area contributed by atoms with Gasteiger partial charge in [0.2, 0.25) is 10.0 Å². The Balaban J connectivity index is 2.37. The van der Waals surface area contributed by atoms with Crippen molar-refractivity contribution in [2.45, 2.75) is 30.7 Å². The summed E-state index contributed by atoms with van der Waals surface area (Å²) in [5, 5.41) is 0.